The van der Waals surface area contributed by atoms with Crippen LogP contribution in [0.2, 0.25) is 5.02 Å². The van der Waals surface area contributed by atoms with E-state index in [9.17, 15) is 0 Å². The van der Waals surface area contributed by atoms with Crippen LogP contribution < -0.4 is 10.1 Å². The molecule has 18 heavy (non-hydrogen) atoms. The molecule has 0 unspecified atom stereocenters. The van der Waals surface area contributed by atoms with Gasteiger partial charge in [-0.1, -0.05) is 47.8 Å². The summed E-state index contributed by atoms with van der Waals surface area (Å²) in [7, 11) is 0. The Morgan fingerprint density at radius 1 is 1.44 bits per heavy atom. The molecule has 0 saturated heterocycles. The van der Waals surface area contributed by atoms with Gasteiger partial charge in [-0.15, -0.1) is 0 Å². The summed E-state index contributed by atoms with van der Waals surface area (Å²) in [6, 6.07) is 5.70. The summed E-state index contributed by atoms with van der Waals surface area (Å²) in [5.41, 5.74) is 2.40. The van der Waals surface area contributed by atoms with Crippen molar-refractivity contribution >= 4 is 34.8 Å². The molecule has 0 heterocycles. The van der Waals surface area contributed by atoms with E-state index in [0.717, 1.165) is 25.1 Å². The second-order valence-electron chi connectivity index (χ2n) is 3.79. The van der Waals surface area contributed by atoms with E-state index in [1.165, 1.54) is 5.54 Å². The Bertz CT molecular complexity index is 407. The standard InChI is InChI=1S/C13H16Cl3NO/c1-2-5-17-8-10-3-4-13(12(16)6-10)18-9-11(15)7-14/h3-4,6-7,17H,2,5,8-9H2,1H3. The summed E-state index contributed by atoms with van der Waals surface area (Å²) < 4.78 is 5.43. The first kappa shape index (κ1) is 15.6. The number of ether oxygens (including phenoxy) is 1. The lowest BCUT2D eigenvalue weighted by Crippen LogP contribution is -2.13. The Hall–Kier alpha value is -0.410. The number of nitrogens with one attached hydrogen (secondary N) is 1. The fraction of sp³-hybridized carbons (Fsp3) is 0.385. The van der Waals surface area contributed by atoms with Gasteiger partial charge in [-0.3, -0.25) is 0 Å². The van der Waals surface area contributed by atoms with Gasteiger partial charge in [0.1, 0.15) is 12.4 Å². The van der Waals surface area contributed by atoms with E-state index in [2.05, 4.69) is 12.2 Å². The summed E-state index contributed by atoms with van der Waals surface area (Å²) in [5, 5.41) is 4.32. The van der Waals surface area contributed by atoms with Crippen LogP contribution in [0.3, 0.4) is 0 Å². The van der Waals surface area contributed by atoms with Crippen LogP contribution in [0.1, 0.15) is 18.9 Å². The Labute approximate surface area is 123 Å². The Morgan fingerprint density at radius 2 is 2.22 bits per heavy atom. The molecule has 0 atom stereocenters. The topological polar surface area (TPSA) is 21.3 Å². The zero-order valence-electron chi connectivity index (χ0n) is 10.2. The van der Waals surface area contributed by atoms with Gasteiger partial charge in [0.2, 0.25) is 0 Å². The van der Waals surface area contributed by atoms with Crippen molar-refractivity contribution < 1.29 is 4.74 Å². The van der Waals surface area contributed by atoms with Gasteiger partial charge >= 0.3 is 0 Å². The number of hydrogen-bond donors (Lipinski definition) is 1. The lowest BCUT2D eigenvalue weighted by Gasteiger charge is -2.09. The third-order valence-corrected chi connectivity index (χ3v) is 3.12. The van der Waals surface area contributed by atoms with E-state index in [0.29, 0.717) is 15.8 Å². The van der Waals surface area contributed by atoms with E-state index in [4.69, 9.17) is 39.5 Å². The molecule has 1 N–H and O–H groups in total. The molecular formula is C13H16Cl3NO. The molecule has 0 saturated carbocycles. The van der Waals surface area contributed by atoms with Crippen LogP contribution in [0.15, 0.2) is 28.8 Å². The van der Waals surface area contributed by atoms with Gasteiger partial charge in [-0.25, -0.2) is 0 Å². The molecule has 0 fully saturated rings. The minimum absolute atomic E-state index is 0.220. The number of hydrogen-bond acceptors (Lipinski definition) is 2. The van der Waals surface area contributed by atoms with Crippen LogP contribution in [-0.2, 0) is 6.54 Å². The average molecular weight is 309 g/mol. The summed E-state index contributed by atoms with van der Waals surface area (Å²) in [6.07, 6.45) is 1.11. The van der Waals surface area contributed by atoms with Crippen molar-refractivity contribution in [3.05, 3.63) is 39.4 Å². The number of rotatable bonds is 7. The van der Waals surface area contributed by atoms with Crippen LogP contribution in [-0.4, -0.2) is 13.2 Å². The van der Waals surface area contributed by atoms with Crippen LogP contribution in [0.5, 0.6) is 5.75 Å². The quantitative estimate of drug-likeness (QED) is 0.747. The molecule has 5 heteroatoms. The van der Waals surface area contributed by atoms with Crippen molar-refractivity contribution in [1.29, 1.82) is 0 Å². The van der Waals surface area contributed by atoms with E-state index >= 15 is 0 Å². The zero-order valence-corrected chi connectivity index (χ0v) is 12.4. The Morgan fingerprint density at radius 3 is 2.83 bits per heavy atom. The SMILES string of the molecule is CCCNCc1ccc(OCC(Cl)=CCl)c(Cl)c1. The highest BCUT2D eigenvalue weighted by atomic mass is 35.5. The van der Waals surface area contributed by atoms with Crippen molar-refractivity contribution in [1.82, 2.24) is 5.32 Å². The summed E-state index contributed by atoms with van der Waals surface area (Å²) in [4.78, 5) is 0. The monoisotopic (exact) mass is 307 g/mol. The minimum Gasteiger partial charge on any atom is -0.486 e. The fourth-order valence-electron chi connectivity index (χ4n) is 1.36. The molecule has 0 aliphatic heterocycles. The lowest BCUT2D eigenvalue weighted by atomic mass is 10.2. The predicted octanol–water partition coefficient (Wildman–Crippen LogP) is 4.54. The first-order valence-corrected chi connectivity index (χ1v) is 6.93. The third-order valence-electron chi connectivity index (χ3n) is 2.24. The second kappa shape index (κ2) is 8.65. The van der Waals surface area contributed by atoms with Crippen molar-refractivity contribution in [2.45, 2.75) is 19.9 Å². The zero-order chi connectivity index (χ0) is 13.4. The molecular weight excluding hydrogens is 293 g/mol. The molecule has 0 aliphatic rings. The van der Waals surface area contributed by atoms with Crippen LogP contribution in [0, 0.1) is 0 Å². The number of benzene rings is 1. The van der Waals surface area contributed by atoms with E-state index in [1.54, 1.807) is 0 Å². The molecule has 0 bridgehead atoms. The van der Waals surface area contributed by atoms with Gasteiger partial charge in [0, 0.05) is 12.1 Å². The minimum atomic E-state index is 0.220. The molecule has 2 nitrogen and oxygen atoms in total. The fourth-order valence-corrected chi connectivity index (χ4v) is 1.73. The largest absolute Gasteiger partial charge is 0.486 e. The van der Waals surface area contributed by atoms with Gasteiger partial charge in [0.15, 0.2) is 0 Å². The molecule has 0 radical (unpaired) electrons. The highest BCUT2D eigenvalue weighted by Crippen LogP contribution is 2.26. The first-order chi connectivity index (χ1) is 8.67. The maximum atomic E-state index is 6.12. The van der Waals surface area contributed by atoms with Gasteiger partial charge in [-0.05, 0) is 30.7 Å². The van der Waals surface area contributed by atoms with Crippen LogP contribution in [0.25, 0.3) is 0 Å². The van der Waals surface area contributed by atoms with Gasteiger partial charge in [0.25, 0.3) is 0 Å². The molecule has 1 rings (SSSR count). The Balaban J connectivity index is 2.56. The molecule has 0 amide bonds. The molecule has 1 aromatic rings. The Kier molecular flexibility index (Phi) is 7.52. The summed E-state index contributed by atoms with van der Waals surface area (Å²) >= 11 is 17.3. The molecule has 0 aliphatic carbocycles. The van der Waals surface area contributed by atoms with Crippen LogP contribution in [0.4, 0.5) is 0 Å². The molecule has 1 aromatic carbocycles. The molecule has 0 spiro atoms. The summed E-state index contributed by atoms with van der Waals surface area (Å²) in [5.74, 6) is 0.604. The average Bonchev–Trinajstić information content (AvgIpc) is 2.37. The van der Waals surface area contributed by atoms with Crippen LogP contribution >= 0.6 is 34.8 Å². The van der Waals surface area contributed by atoms with Crippen molar-refractivity contribution in [2.75, 3.05) is 13.2 Å². The van der Waals surface area contributed by atoms with Gasteiger partial charge in [-0.2, -0.15) is 0 Å². The third kappa shape index (κ3) is 5.49. The first-order valence-electron chi connectivity index (χ1n) is 5.74. The summed E-state index contributed by atoms with van der Waals surface area (Å²) in [6.45, 7) is 4.14. The second-order valence-corrected chi connectivity index (χ2v) is 4.90. The normalized spacial score (nSPS) is 11.7. The highest BCUT2D eigenvalue weighted by Gasteiger charge is 2.04. The van der Waals surface area contributed by atoms with Crippen molar-refractivity contribution in [3.8, 4) is 5.75 Å². The lowest BCUT2D eigenvalue weighted by molar-refractivity contribution is 0.359. The maximum absolute atomic E-state index is 6.12. The number of halogens is 3. The predicted molar refractivity (Wildman–Crippen MR) is 78.7 cm³/mol. The molecule has 0 aromatic heterocycles. The van der Waals surface area contributed by atoms with E-state index in [1.807, 2.05) is 18.2 Å². The highest BCUT2D eigenvalue weighted by molar-refractivity contribution is 6.36. The van der Waals surface area contributed by atoms with E-state index < -0.39 is 0 Å². The maximum Gasteiger partial charge on any atom is 0.138 e. The molecule has 100 valence electrons. The smallest absolute Gasteiger partial charge is 0.138 e. The van der Waals surface area contributed by atoms with Gasteiger partial charge < -0.3 is 10.1 Å². The van der Waals surface area contributed by atoms with Crippen molar-refractivity contribution in [2.24, 2.45) is 0 Å². The van der Waals surface area contributed by atoms with Crippen molar-refractivity contribution in [3.63, 3.8) is 0 Å². The van der Waals surface area contributed by atoms with E-state index in [-0.39, 0.29) is 6.61 Å². The van der Waals surface area contributed by atoms with Gasteiger partial charge in [0.05, 0.1) is 10.1 Å².